The second kappa shape index (κ2) is 3.67. The molecule has 1 nitrogen and oxygen atoms in total. The first-order valence-electron chi connectivity index (χ1n) is 1.75. The zero-order chi connectivity index (χ0) is 4.12. The van der Waals surface area contributed by atoms with Crippen molar-refractivity contribution < 1.29 is 0 Å². The lowest BCUT2D eigenvalue weighted by Gasteiger charge is -1.66. The van der Waals surface area contributed by atoms with Gasteiger partial charge in [0.2, 0.25) is 0 Å². The van der Waals surface area contributed by atoms with Crippen molar-refractivity contribution in [3.63, 3.8) is 0 Å². The smallest absolute Gasteiger partial charge is 0.0524 e. The molecule has 0 rings (SSSR count). The fourth-order valence-corrected chi connectivity index (χ4v) is 0.158. The van der Waals surface area contributed by atoms with Crippen molar-refractivity contribution in [3.05, 3.63) is 0 Å². The van der Waals surface area contributed by atoms with E-state index in [4.69, 9.17) is 0 Å². The molecule has 0 spiro atoms. The fourth-order valence-electron chi connectivity index (χ4n) is 0.158. The van der Waals surface area contributed by atoms with Gasteiger partial charge in [0.15, 0.2) is 0 Å². The van der Waals surface area contributed by atoms with Crippen LogP contribution in [0.15, 0.2) is 4.99 Å². The Balaban J connectivity index is 2.62. The van der Waals surface area contributed by atoms with Crippen molar-refractivity contribution in [2.45, 2.75) is 13.8 Å². The van der Waals surface area contributed by atoms with E-state index in [0.29, 0.717) is 0 Å². The summed E-state index contributed by atoms with van der Waals surface area (Å²) in [5.74, 6) is 0. The minimum absolute atomic E-state index is 0.858. The highest BCUT2D eigenvalue weighted by Gasteiger charge is 1.52. The Bertz CT molecular complexity index is 30.6. The Morgan fingerprint density at radius 2 is 2.40 bits per heavy atom. The molecule has 0 unspecified atom stereocenters. The summed E-state index contributed by atoms with van der Waals surface area (Å²) in [5.41, 5.74) is 0. The maximum atomic E-state index is 3.72. The third kappa shape index (κ3) is 3.67. The molecule has 0 heterocycles. The van der Waals surface area contributed by atoms with Gasteiger partial charge < -0.3 is 0 Å². The molecule has 0 N–H and O–H groups in total. The largest absolute Gasteiger partial charge is 0.288 e. The van der Waals surface area contributed by atoms with E-state index in [1.165, 1.54) is 0 Å². The van der Waals surface area contributed by atoms with E-state index in [2.05, 4.69) is 11.2 Å². The van der Waals surface area contributed by atoms with Crippen molar-refractivity contribution in [1.82, 2.24) is 0 Å². The van der Waals surface area contributed by atoms with E-state index < -0.39 is 0 Å². The molecule has 0 saturated heterocycles. The lowest BCUT2D eigenvalue weighted by molar-refractivity contribution is 1.14. The molecule has 0 atom stereocenters. The van der Waals surface area contributed by atoms with Gasteiger partial charge in [-0.2, -0.15) is 0 Å². The maximum absolute atomic E-state index is 3.72. The number of hydrogen-bond acceptors (Lipinski definition) is 1. The third-order valence-electron chi connectivity index (χ3n) is 0.316. The molecule has 0 aliphatic heterocycles. The van der Waals surface area contributed by atoms with Crippen LogP contribution in [-0.4, -0.2) is 12.8 Å². The first-order valence-corrected chi connectivity index (χ1v) is 1.75. The predicted octanol–water partition coefficient (Wildman–Crippen LogP) is 0.974. The Labute approximate surface area is 32.7 Å². The molecule has 0 aliphatic rings. The molecule has 1 radical (unpaired) electrons. The minimum atomic E-state index is 0.858. The van der Waals surface area contributed by atoms with Crippen LogP contribution in [0.2, 0.25) is 0 Å². The molecule has 0 fully saturated rings. The van der Waals surface area contributed by atoms with Crippen LogP contribution >= 0.6 is 0 Å². The average Bonchev–Trinajstić information content (AvgIpc) is 1.41. The Morgan fingerprint density at radius 1 is 1.80 bits per heavy atom. The van der Waals surface area contributed by atoms with Gasteiger partial charge in [0.25, 0.3) is 0 Å². The summed E-state index contributed by atoms with van der Waals surface area (Å²) in [6, 6.07) is 0. The normalized spacial score (nSPS) is 10.0. The Hall–Kier alpha value is -0.330. The number of hydrogen-bond donors (Lipinski definition) is 0. The SMILES string of the molecule is C/[C]=N\CC. The van der Waals surface area contributed by atoms with E-state index in [0.717, 1.165) is 6.54 Å². The molecule has 0 aromatic heterocycles. The van der Waals surface area contributed by atoms with Gasteiger partial charge in [-0.15, -0.1) is 0 Å². The molecule has 29 valence electrons. The van der Waals surface area contributed by atoms with E-state index in [1.807, 2.05) is 6.92 Å². The zero-order valence-corrected chi connectivity index (χ0v) is 3.65. The van der Waals surface area contributed by atoms with Gasteiger partial charge >= 0.3 is 0 Å². The van der Waals surface area contributed by atoms with Crippen LogP contribution in [0.5, 0.6) is 0 Å². The molecule has 0 aromatic rings. The van der Waals surface area contributed by atoms with Gasteiger partial charge in [0, 0.05) is 6.54 Å². The van der Waals surface area contributed by atoms with Crippen molar-refractivity contribution in [3.8, 4) is 0 Å². The van der Waals surface area contributed by atoms with Crippen molar-refractivity contribution in [2.75, 3.05) is 6.54 Å². The Kier molecular flexibility index (Phi) is 3.43. The topological polar surface area (TPSA) is 12.4 Å². The van der Waals surface area contributed by atoms with Crippen LogP contribution in [0, 0.1) is 0 Å². The van der Waals surface area contributed by atoms with Gasteiger partial charge in [-0.3, -0.25) is 4.99 Å². The lowest BCUT2D eigenvalue weighted by Crippen LogP contribution is -1.62. The summed E-state index contributed by atoms with van der Waals surface area (Å²) < 4.78 is 0. The van der Waals surface area contributed by atoms with E-state index >= 15 is 0 Å². The summed E-state index contributed by atoms with van der Waals surface area (Å²) >= 11 is 0. The second-order valence-electron chi connectivity index (χ2n) is 0.698. The number of aliphatic imine (C=N–C) groups is 1. The van der Waals surface area contributed by atoms with Gasteiger partial charge in [-0.25, -0.2) is 0 Å². The van der Waals surface area contributed by atoms with Crippen LogP contribution in [-0.2, 0) is 0 Å². The van der Waals surface area contributed by atoms with Crippen molar-refractivity contribution >= 4 is 6.21 Å². The highest BCUT2D eigenvalue weighted by atomic mass is 14.7. The van der Waals surface area contributed by atoms with Crippen molar-refractivity contribution in [1.29, 1.82) is 0 Å². The molecule has 5 heavy (non-hydrogen) atoms. The summed E-state index contributed by atoms with van der Waals surface area (Å²) in [6.45, 7) is 4.64. The lowest BCUT2D eigenvalue weighted by atomic mass is 10.8. The minimum Gasteiger partial charge on any atom is -0.288 e. The highest BCUT2D eigenvalue weighted by molar-refractivity contribution is 5.52. The molecule has 0 aliphatic carbocycles. The highest BCUT2D eigenvalue weighted by Crippen LogP contribution is 1.57. The molecule has 0 saturated carbocycles. The molecule has 0 aromatic carbocycles. The van der Waals surface area contributed by atoms with E-state index in [-0.39, 0.29) is 0 Å². The van der Waals surface area contributed by atoms with Gasteiger partial charge in [-0.1, -0.05) is 0 Å². The van der Waals surface area contributed by atoms with Crippen LogP contribution < -0.4 is 0 Å². The van der Waals surface area contributed by atoms with Crippen LogP contribution in [0.1, 0.15) is 13.8 Å². The predicted molar refractivity (Wildman–Crippen MR) is 23.6 cm³/mol. The summed E-state index contributed by atoms with van der Waals surface area (Å²) in [7, 11) is 0. The summed E-state index contributed by atoms with van der Waals surface area (Å²) in [4.78, 5) is 3.72. The molecular weight excluding hydrogens is 62.1 g/mol. The van der Waals surface area contributed by atoms with Gasteiger partial charge in [0.1, 0.15) is 0 Å². The van der Waals surface area contributed by atoms with E-state index in [1.54, 1.807) is 6.92 Å². The van der Waals surface area contributed by atoms with Gasteiger partial charge in [-0.05, 0) is 13.8 Å². The van der Waals surface area contributed by atoms with Crippen LogP contribution in [0.4, 0.5) is 0 Å². The quantitative estimate of drug-likeness (QED) is 0.408. The van der Waals surface area contributed by atoms with E-state index in [9.17, 15) is 0 Å². The number of nitrogens with zero attached hydrogens (tertiary/aromatic N) is 1. The van der Waals surface area contributed by atoms with Crippen molar-refractivity contribution in [2.24, 2.45) is 4.99 Å². The third-order valence-corrected chi connectivity index (χ3v) is 0.316. The van der Waals surface area contributed by atoms with Crippen LogP contribution in [0.3, 0.4) is 0 Å². The zero-order valence-electron chi connectivity index (χ0n) is 3.65. The fraction of sp³-hybridized carbons (Fsp3) is 0.750. The molecular formula is C4H8N. The van der Waals surface area contributed by atoms with Crippen LogP contribution in [0.25, 0.3) is 0 Å². The Morgan fingerprint density at radius 3 is 2.40 bits per heavy atom. The molecule has 0 bridgehead atoms. The summed E-state index contributed by atoms with van der Waals surface area (Å²) in [5, 5.41) is 0. The standard InChI is InChI=1S/C4H8N/c1-3-5-4-2/h3H2,1-2H3. The average molecular weight is 70.1 g/mol. The number of rotatable bonds is 1. The maximum Gasteiger partial charge on any atom is 0.0524 e. The second-order valence-corrected chi connectivity index (χ2v) is 0.698. The monoisotopic (exact) mass is 70.1 g/mol. The first kappa shape index (κ1) is 4.67. The first-order chi connectivity index (χ1) is 2.41. The molecule has 0 amide bonds. The van der Waals surface area contributed by atoms with Gasteiger partial charge in [0.05, 0.1) is 6.21 Å². The summed E-state index contributed by atoms with van der Waals surface area (Å²) in [6.07, 6.45) is 2.64. The molecule has 1 heteroatoms.